The molecule has 0 atom stereocenters. The Morgan fingerprint density at radius 1 is 1.30 bits per heavy atom. The van der Waals surface area contributed by atoms with Crippen LogP contribution in [0.4, 0.5) is 10.1 Å². The van der Waals surface area contributed by atoms with Crippen molar-refractivity contribution in [3.63, 3.8) is 0 Å². The number of hydrogen-bond donors (Lipinski definition) is 1. The molecule has 0 bridgehead atoms. The fraction of sp³-hybridized carbons (Fsp3) is 0.125. The van der Waals surface area contributed by atoms with E-state index in [1.807, 2.05) is 12.1 Å². The van der Waals surface area contributed by atoms with Crippen LogP contribution < -0.4 is 10.2 Å². The molecule has 1 heterocycles. The maximum atomic E-state index is 13.8. The van der Waals surface area contributed by atoms with Crippen molar-refractivity contribution in [3.8, 4) is 5.75 Å². The number of hydrazone groups is 1. The number of nitrogens with zero attached hydrogens (tertiary/aromatic N) is 2. The van der Waals surface area contributed by atoms with Gasteiger partial charge in [0, 0.05) is 16.3 Å². The van der Waals surface area contributed by atoms with Gasteiger partial charge in [0.05, 0.1) is 18.5 Å². The van der Waals surface area contributed by atoms with Gasteiger partial charge in [0.25, 0.3) is 0 Å². The Kier molecular flexibility index (Phi) is 4.83. The van der Waals surface area contributed by atoms with Gasteiger partial charge < -0.3 is 4.74 Å². The number of nitrogens with one attached hydrogen (secondary N) is 1. The Bertz CT molecular complexity index is 795. The van der Waals surface area contributed by atoms with Gasteiger partial charge >= 0.3 is 0 Å². The third-order valence-corrected chi connectivity index (χ3v) is 4.26. The van der Waals surface area contributed by atoms with Gasteiger partial charge in [-0.3, -0.25) is 5.43 Å². The average molecular weight is 350 g/mol. The molecule has 1 aliphatic rings. The zero-order valence-corrected chi connectivity index (χ0v) is 13.8. The van der Waals surface area contributed by atoms with Crippen LogP contribution in [0.3, 0.4) is 0 Å². The highest BCUT2D eigenvalue weighted by atomic mass is 35.5. The summed E-state index contributed by atoms with van der Waals surface area (Å²) in [5, 5.41) is 5.57. The summed E-state index contributed by atoms with van der Waals surface area (Å²) in [6.45, 7) is 0. The summed E-state index contributed by atoms with van der Waals surface area (Å²) < 4.78 is 18.7. The van der Waals surface area contributed by atoms with Crippen LogP contribution in [0.5, 0.6) is 5.75 Å². The first-order valence-electron chi connectivity index (χ1n) is 6.79. The molecule has 4 nitrogen and oxygen atoms in total. The van der Waals surface area contributed by atoms with E-state index in [-0.39, 0.29) is 5.75 Å². The van der Waals surface area contributed by atoms with Crippen molar-refractivity contribution in [2.75, 3.05) is 12.9 Å². The molecule has 0 fully saturated rings. The Balaban J connectivity index is 1.77. The molecule has 2 aromatic rings. The quantitative estimate of drug-likeness (QED) is 0.902. The molecule has 0 amide bonds. The number of benzene rings is 2. The van der Waals surface area contributed by atoms with Gasteiger partial charge in [-0.1, -0.05) is 29.4 Å². The van der Waals surface area contributed by atoms with Crippen LogP contribution >= 0.6 is 23.4 Å². The predicted octanol–water partition coefficient (Wildman–Crippen LogP) is 4.22. The van der Waals surface area contributed by atoms with Crippen LogP contribution in [0.1, 0.15) is 5.56 Å². The van der Waals surface area contributed by atoms with Gasteiger partial charge in [0.2, 0.25) is 0 Å². The minimum atomic E-state index is -0.406. The molecular weight excluding hydrogens is 337 g/mol. The first-order chi connectivity index (χ1) is 11.2. The smallest absolute Gasteiger partial charge is 0.182 e. The van der Waals surface area contributed by atoms with Crippen molar-refractivity contribution in [2.24, 2.45) is 10.1 Å². The van der Waals surface area contributed by atoms with Gasteiger partial charge in [0.1, 0.15) is 0 Å². The summed E-state index contributed by atoms with van der Waals surface area (Å²) in [4.78, 5) is 4.43. The maximum Gasteiger partial charge on any atom is 0.182 e. The van der Waals surface area contributed by atoms with Crippen molar-refractivity contribution in [3.05, 3.63) is 58.9 Å². The summed E-state index contributed by atoms with van der Waals surface area (Å²) in [6, 6.07) is 12.0. The van der Waals surface area contributed by atoms with Crippen molar-refractivity contribution in [1.29, 1.82) is 0 Å². The molecule has 0 aliphatic carbocycles. The van der Waals surface area contributed by atoms with E-state index in [9.17, 15) is 4.39 Å². The lowest BCUT2D eigenvalue weighted by Crippen LogP contribution is -2.25. The second-order valence-electron chi connectivity index (χ2n) is 4.71. The lowest BCUT2D eigenvalue weighted by molar-refractivity contribution is 0.386. The molecule has 1 aliphatic heterocycles. The SMILES string of the molecule is COc1ccc(C2=NNC(=Nc3cccc(Cl)c3)SC2)cc1F. The highest BCUT2D eigenvalue weighted by molar-refractivity contribution is 8.14. The standard InChI is InChI=1S/C16H13ClFN3OS/c1-22-15-6-5-10(7-13(15)18)14-9-23-16(21-20-14)19-12-4-2-3-11(17)8-12/h2-8H,9H2,1H3,(H,19,21). The molecule has 1 N–H and O–H groups in total. The molecule has 23 heavy (non-hydrogen) atoms. The van der Waals surface area contributed by atoms with Crippen LogP contribution in [0.15, 0.2) is 52.6 Å². The van der Waals surface area contributed by atoms with Crippen molar-refractivity contribution in [1.82, 2.24) is 5.43 Å². The Morgan fingerprint density at radius 3 is 2.83 bits per heavy atom. The monoisotopic (exact) mass is 349 g/mol. The van der Waals surface area contributed by atoms with Gasteiger partial charge in [-0.25, -0.2) is 9.38 Å². The fourth-order valence-corrected chi connectivity index (χ4v) is 3.00. The number of rotatable bonds is 3. The van der Waals surface area contributed by atoms with Gasteiger partial charge in [-0.2, -0.15) is 5.10 Å². The van der Waals surface area contributed by atoms with Gasteiger partial charge in [-0.05, 0) is 36.4 Å². The number of ether oxygens (including phenoxy) is 1. The minimum Gasteiger partial charge on any atom is -0.494 e. The van der Waals surface area contributed by atoms with Crippen molar-refractivity contribution in [2.45, 2.75) is 0 Å². The van der Waals surface area contributed by atoms with E-state index in [1.165, 1.54) is 24.9 Å². The second kappa shape index (κ2) is 7.02. The molecule has 0 spiro atoms. The van der Waals surface area contributed by atoms with Crippen LogP contribution in [-0.4, -0.2) is 23.7 Å². The van der Waals surface area contributed by atoms with E-state index < -0.39 is 5.82 Å². The number of hydrogen-bond acceptors (Lipinski definition) is 4. The number of thioether (sulfide) groups is 1. The van der Waals surface area contributed by atoms with Crippen molar-refractivity contribution >= 4 is 39.9 Å². The molecule has 0 saturated heterocycles. The van der Waals surface area contributed by atoms with E-state index in [2.05, 4.69) is 15.5 Å². The van der Waals surface area contributed by atoms with Crippen LogP contribution in [0.25, 0.3) is 0 Å². The maximum absolute atomic E-state index is 13.8. The summed E-state index contributed by atoms with van der Waals surface area (Å²) in [7, 11) is 1.44. The summed E-state index contributed by atoms with van der Waals surface area (Å²) in [5.74, 6) is 0.406. The number of methoxy groups -OCH3 is 1. The third kappa shape index (κ3) is 3.83. The Hall–Kier alpha value is -2.05. The second-order valence-corrected chi connectivity index (χ2v) is 6.11. The molecule has 0 aromatic heterocycles. The number of amidine groups is 1. The van der Waals surface area contributed by atoms with Gasteiger partial charge in [0.15, 0.2) is 16.7 Å². The molecule has 0 radical (unpaired) electrons. The van der Waals surface area contributed by atoms with Crippen LogP contribution in [0, 0.1) is 5.82 Å². The minimum absolute atomic E-state index is 0.217. The molecule has 118 valence electrons. The van der Waals surface area contributed by atoms with Crippen LogP contribution in [-0.2, 0) is 0 Å². The predicted molar refractivity (Wildman–Crippen MR) is 93.6 cm³/mol. The van der Waals surface area contributed by atoms with Gasteiger partial charge in [-0.15, -0.1) is 0 Å². The fourth-order valence-electron chi connectivity index (χ4n) is 2.03. The Morgan fingerprint density at radius 2 is 2.17 bits per heavy atom. The summed E-state index contributed by atoms with van der Waals surface area (Å²) in [5.41, 5.74) is 5.10. The highest BCUT2D eigenvalue weighted by Gasteiger charge is 2.15. The summed E-state index contributed by atoms with van der Waals surface area (Å²) >= 11 is 7.43. The van der Waals surface area contributed by atoms with E-state index >= 15 is 0 Å². The van der Waals surface area contributed by atoms with E-state index in [4.69, 9.17) is 16.3 Å². The lowest BCUT2D eigenvalue weighted by Gasteiger charge is -2.15. The van der Waals surface area contributed by atoms with E-state index in [0.29, 0.717) is 21.5 Å². The van der Waals surface area contributed by atoms with Crippen LogP contribution in [0.2, 0.25) is 5.02 Å². The molecule has 0 saturated carbocycles. The zero-order valence-electron chi connectivity index (χ0n) is 12.2. The molecule has 2 aromatic carbocycles. The molecule has 3 rings (SSSR count). The highest BCUT2D eigenvalue weighted by Crippen LogP contribution is 2.23. The molecule has 0 unspecified atom stereocenters. The topological polar surface area (TPSA) is 46.0 Å². The van der Waals surface area contributed by atoms with Crippen molar-refractivity contribution < 1.29 is 9.13 Å². The normalized spacial score (nSPS) is 16.0. The first-order valence-corrected chi connectivity index (χ1v) is 8.15. The van der Waals surface area contributed by atoms with E-state index in [1.54, 1.807) is 24.3 Å². The lowest BCUT2D eigenvalue weighted by atomic mass is 10.1. The number of aliphatic imine (C=N–C) groups is 1. The summed E-state index contributed by atoms with van der Waals surface area (Å²) in [6.07, 6.45) is 0. The first kappa shape index (κ1) is 15.8. The largest absolute Gasteiger partial charge is 0.494 e. The number of halogens is 2. The zero-order chi connectivity index (χ0) is 16.2. The molecule has 7 heteroatoms. The van der Waals surface area contributed by atoms with E-state index in [0.717, 1.165) is 11.4 Å². The molecular formula is C16H13ClFN3OS. The average Bonchev–Trinajstić information content (AvgIpc) is 2.55. The third-order valence-electron chi connectivity index (χ3n) is 3.16. The Labute approximate surface area is 142 Å².